The summed E-state index contributed by atoms with van der Waals surface area (Å²) in [7, 11) is 2.54. The van der Waals surface area contributed by atoms with Crippen LogP contribution in [0, 0.1) is 29.4 Å². The van der Waals surface area contributed by atoms with Crippen LogP contribution in [0.25, 0.3) is 44.7 Å². The van der Waals surface area contributed by atoms with Crippen molar-refractivity contribution in [1.29, 1.82) is 0 Å². The van der Waals surface area contributed by atoms with Crippen LogP contribution in [0.5, 0.6) is 5.75 Å². The van der Waals surface area contributed by atoms with Crippen molar-refractivity contribution in [3.8, 4) is 39.5 Å². The second-order valence-corrected chi connectivity index (χ2v) is 23.0. The maximum absolute atomic E-state index is 17.6. The average Bonchev–Trinajstić information content (AvgIpc) is 3.88. The van der Waals surface area contributed by atoms with Crippen molar-refractivity contribution >= 4 is 46.2 Å². The highest BCUT2D eigenvalue weighted by Crippen LogP contribution is 2.55. The quantitative estimate of drug-likeness (QED) is 0.0907. The molecule has 4 aromatic heterocycles. The van der Waals surface area contributed by atoms with E-state index in [2.05, 4.69) is 25.6 Å². The number of piperidine rings is 1. The largest absolute Gasteiger partial charge is 0.464 e. The van der Waals surface area contributed by atoms with Crippen molar-refractivity contribution in [2.24, 2.45) is 17.8 Å². The van der Waals surface area contributed by atoms with E-state index in [1.54, 1.807) is 40.2 Å². The minimum absolute atomic E-state index is 0.0244. The van der Waals surface area contributed by atoms with Gasteiger partial charge >= 0.3 is 12.2 Å². The zero-order valence-electron chi connectivity index (χ0n) is 42.6. The molecule has 3 unspecified atom stereocenters. The Balaban J connectivity index is 0.863. The Labute approximate surface area is 435 Å². The van der Waals surface area contributed by atoms with E-state index in [4.69, 9.17) is 28.9 Å². The van der Waals surface area contributed by atoms with Gasteiger partial charge in [0.05, 0.1) is 82.3 Å². The highest BCUT2D eigenvalue weighted by atomic mass is 32.1. The Kier molecular flexibility index (Phi) is 12.3. The normalized spacial score (nSPS) is 24.3. The molecule has 3 saturated heterocycles. The fourth-order valence-electron chi connectivity index (χ4n) is 12.1. The molecule has 0 radical (unpaired) electrons. The van der Waals surface area contributed by atoms with Crippen molar-refractivity contribution in [2.45, 2.75) is 127 Å². The van der Waals surface area contributed by atoms with Crippen LogP contribution in [-0.4, -0.2) is 114 Å². The molecule has 6 aliphatic rings. The first kappa shape index (κ1) is 49.0. The van der Waals surface area contributed by atoms with Gasteiger partial charge in [-0.2, -0.15) is 0 Å². The number of carbonyl (C=O) groups is 4. The van der Waals surface area contributed by atoms with E-state index in [-0.39, 0.29) is 58.1 Å². The predicted octanol–water partition coefficient (Wildman–Crippen LogP) is 9.28. The lowest BCUT2D eigenvalue weighted by Crippen LogP contribution is -2.55. The number of halogens is 2. The number of amides is 4. The number of hydrogen-bond donors (Lipinski definition) is 4. The van der Waals surface area contributed by atoms with Gasteiger partial charge in [0, 0.05) is 47.8 Å². The summed E-state index contributed by atoms with van der Waals surface area (Å²) < 4.78 is 58.9. The standard InChI is InChI=1S/C54H60F2N10O8S/c1-25(2)43(62-52(69)71-5)49(67)64-14-7-8-36(64)46-57-23-34(61-46)29-17-32(55)41-39(20-29)74-51(40-24-59-48(75-40)26-9-10-26)66-35-12-11-27(16-31(35)42(56)45(41)66)33-22-58-47(60-33)38-19-30-18-37(30)65(38)50(68)44(63-53(70)72-6)28-13-15-73-54(3,4)21-28/h11-12,16-17,20,22-26,28,30,36-38,43-44,51H,7-10,13-15,18-19,21H2,1-6H3,(H,57,61)(H,58,60)(H,62,69)(H,63,70)/t28?,30-,36+,37-,38+,43+,44?,51?/m1/s1. The van der Waals surface area contributed by atoms with Gasteiger partial charge in [-0.1, -0.05) is 19.9 Å². The number of aromatic amines is 2. The van der Waals surface area contributed by atoms with Gasteiger partial charge in [0.1, 0.15) is 35.3 Å². The first-order chi connectivity index (χ1) is 36.1. The van der Waals surface area contributed by atoms with Crippen LogP contribution < -0.4 is 15.4 Å². The summed E-state index contributed by atoms with van der Waals surface area (Å²) >= 11 is 1.51. The lowest BCUT2D eigenvalue weighted by Gasteiger charge is -2.40. The maximum atomic E-state index is 17.6. The zero-order valence-corrected chi connectivity index (χ0v) is 43.4. The number of H-pyrrole nitrogens is 2. The number of likely N-dealkylation sites (tertiary alicyclic amines) is 2. The van der Waals surface area contributed by atoms with Crippen LogP contribution in [0.4, 0.5) is 18.4 Å². The number of methoxy groups -OCH3 is 2. The molecule has 2 aliphatic carbocycles. The van der Waals surface area contributed by atoms with Gasteiger partial charge in [-0.15, -0.1) is 11.3 Å². The molecule has 394 valence electrons. The van der Waals surface area contributed by atoms with Crippen LogP contribution in [0.1, 0.15) is 125 Å². The molecule has 4 aliphatic heterocycles. The predicted molar refractivity (Wildman–Crippen MR) is 271 cm³/mol. The summed E-state index contributed by atoms with van der Waals surface area (Å²) in [5, 5.41) is 6.76. The van der Waals surface area contributed by atoms with E-state index in [0.717, 1.165) is 35.6 Å². The molecule has 2 saturated carbocycles. The van der Waals surface area contributed by atoms with E-state index in [9.17, 15) is 19.2 Å². The molecule has 4 amide bonds. The Hall–Kier alpha value is -6.87. The van der Waals surface area contributed by atoms with Crippen LogP contribution in [0.3, 0.4) is 0 Å². The smallest absolute Gasteiger partial charge is 0.407 e. The third kappa shape index (κ3) is 8.78. The fraction of sp³-hybridized carbons (Fsp3) is 0.500. The van der Waals surface area contributed by atoms with Gasteiger partial charge < -0.3 is 49.3 Å². The third-order valence-electron chi connectivity index (χ3n) is 16.1. The molecule has 8 atom stereocenters. The summed E-state index contributed by atoms with van der Waals surface area (Å²) in [6.45, 7) is 8.62. The molecule has 12 rings (SSSR count). The number of fused-ring (bicyclic) bond motifs is 6. The molecule has 0 spiro atoms. The maximum Gasteiger partial charge on any atom is 0.407 e. The molecule has 5 fully saturated rings. The van der Waals surface area contributed by atoms with E-state index < -0.39 is 53.8 Å². The second kappa shape index (κ2) is 18.7. The highest BCUT2D eigenvalue weighted by Gasteiger charge is 2.57. The van der Waals surface area contributed by atoms with Crippen LogP contribution in [-0.2, 0) is 23.8 Å². The zero-order chi connectivity index (χ0) is 52.2. The number of alkyl carbamates (subject to hydrolysis) is 2. The number of imidazole rings is 2. The highest BCUT2D eigenvalue weighted by molar-refractivity contribution is 7.11. The lowest BCUT2D eigenvalue weighted by atomic mass is 9.82. The summed E-state index contributed by atoms with van der Waals surface area (Å²) in [5.41, 5.74) is 2.19. The van der Waals surface area contributed by atoms with Gasteiger partial charge in [0.2, 0.25) is 18.0 Å². The molecule has 4 N–H and O–H groups in total. The van der Waals surface area contributed by atoms with Crippen LogP contribution in [0.15, 0.2) is 48.9 Å². The van der Waals surface area contributed by atoms with Gasteiger partial charge in [-0.25, -0.2) is 33.3 Å². The Bertz CT molecular complexity index is 3250. The summed E-state index contributed by atoms with van der Waals surface area (Å²) in [6.07, 6.45) is 9.02. The molecule has 75 heavy (non-hydrogen) atoms. The average molecular weight is 1050 g/mol. The lowest BCUT2D eigenvalue weighted by molar-refractivity contribution is -0.140. The SMILES string of the molecule is COC(=O)NC(C(=O)N1[C@@H]2C[C@@H]2C[C@H]1c1ncc(-c2ccc3c(c2)c(F)c2n3C(c3cnc(C4CC4)s3)Oc3cc(-c4cnc([C@@H]5CCCN5C(=O)[C@@H](NC(=O)OC)C(C)C)[nH]4)cc(F)c3-2)[nH]1)C1CCOC(C)(C)C1. The van der Waals surface area contributed by atoms with Gasteiger partial charge in [-0.3, -0.25) is 14.2 Å². The van der Waals surface area contributed by atoms with Crippen LogP contribution in [0.2, 0.25) is 0 Å². The first-order valence-corrected chi connectivity index (χ1v) is 26.8. The van der Waals surface area contributed by atoms with Crippen molar-refractivity contribution in [1.82, 2.24) is 49.9 Å². The third-order valence-corrected chi connectivity index (χ3v) is 17.3. The minimum atomic E-state index is -0.881. The number of nitrogens with one attached hydrogen (secondary N) is 4. The van der Waals surface area contributed by atoms with Crippen molar-refractivity contribution in [2.75, 3.05) is 27.4 Å². The van der Waals surface area contributed by atoms with E-state index >= 15 is 8.78 Å². The number of rotatable bonds is 12. The number of carbonyl (C=O) groups excluding carboxylic acids is 4. The summed E-state index contributed by atoms with van der Waals surface area (Å²) in [5.74, 6) is -0.199. The topological polar surface area (TPSA) is 211 Å². The molecule has 0 bridgehead atoms. The molecular formula is C54H60F2N10O8S. The number of thiazole rings is 1. The summed E-state index contributed by atoms with van der Waals surface area (Å²) in [4.78, 5) is 78.7. The Morgan fingerprint density at radius 2 is 1.60 bits per heavy atom. The second-order valence-electron chi connectivity index (χ2n) is 21.9. The molecule has 2 aromatic carbocycles. The van der Waals surface area contributed by atoms with Crippen molar-refractivity contribution in [3.63, 3.8) is 0 Å². The number of ether oxygens (including phenoxy) is 4. The fourth-order valence-corrected chi connectivity index (χ4v) is 13.2. The van der Waals surface area contributed by atoms with E-state index in [0.29, 0.717) is 90.4 Å². The van der Waals surface area contributed by atoms with E-state index in [1.807, 2.05) is 44.7 Å². The molecular weight excluding hydrogens is 987 g/mol. The molecule has 8 heterocycles. The summed E-state index contributed by atoms with van der Waals surface area (Å²) in [6, 6.07) is 6.06. The van der Waals surface area contributed by atoms with Crippen molar-refractivity contribution in [3.05, 3.63) is 82.1 Å². The number of aromatic nitrogens is 6. The Morgan fingerprint density at radius 3 is 2.32 bits per heavy atom. The number of hydrogen-bond acceptors (Lipinski definition) is 12. The molecule has 6 aromatic rings. The van der Waals surface area contributed by atoms with Gasteiger partial charge in [0.25, 0.3) is 0 Å². The first-order valence-electron chi connectivity index (χ1n) is 25.9. The minimum Gasteiger partial charge on any atom is -0.464 e. The van der Waals surface area contributed by atoms with Crippen LogP contribution >= 0.6 is 11.3 Å². The number of nitrogens with zero attached hydrogens (tertiary/aromatic N) is 6. The van der Waals surface area contributed by atoms with Crippen molar-refractivity contribution < 1.29 is 46.9 Å². The number of benzene rings is 2. The van der Waals surface area contributed by atoms with E-state index in [1.165, 1.54) is 31.6 Å². The Morgan fingerprint density at radius 1 is 0.867 bits per heavy atom. The molecule has 18 nitrogen and oxygen atoms in total. The van der Waals surface area contributed by atoms with Gasteiger partial charge in [0.15, 0.2) is 5.82 Å². The monoisotopic (exact) mass is 1050 g/mol. The molecule has 21 heteroatoms. The van der Waals surface area contributed by atoms with Gasteiger partial charge in [-0.05, 0) is 107 Å².